The van der Waals surface area contributed by atoms with Crippen molar-refractivity contribution in [3.63, 3.8) is 0 Å². The summed E-state index contributed by atoms with van der Waals surface area (Å²) in [7, 11) is 0. The molecule has 0 radical (unpaired) electrons. The Morgan fingerprint density at radius 3 is 2.38 bits per heavy atom. The quantitative estimate of drug-likeness (QED) is 0.791. The van der Waals surface area contributed by atoms with Gasteiger partial charge in [0.15, 0.2) is 0 Å². The van der Waals surface area contributed by atoms with Gasteiger partial charge in [0.25, 0.3) is 0 Å². The van der Waals surface area contributed by atoms with Crippen molar-refractivity contribution in [3.05, 3.63) is 35.4 Å². The van der Waals surface area contributed by atoms with E-state index < -0.39 is 0 Å². The van der Waals surface area contributed by atoms with E-state index in [2.05, 4.69) is 32.0 Å². The SMILES string of the molecule is CCC(CC)C(O)c1ccccc1C1CC1. The molecule has 2 rings (SSSR count). The van der Waals surface area contributed by atoms with Gasteiger partial charge < -0.3 is 5.11 Å². The Balaban J connectivity index is 2.24. The molecule has 1 fully saturated rings. The Hall–Kier alpha value is -0.820. The fraction of sp³-hybridized carbons (Fsp3) is 0.600. The molecule has 1 aliphatic rings. The monoisotopic (exact) mass is 218 g/mol. The molecule has 0 bridgehead atoms. The van der Waals surface area contributed by atoms with Crippen LogP contribution in [-0.4, -0.2) is 5.11 Å². The van der Waals surface area contributed by atoms with Gasteiger partial charge in [-0.3, -0.25) is 0 Å². The molecule has 0 aromatic heterocycles. The highest BCUT2D eigenvalue weighted by Gasteiger charge is 2.29. The molecule has 1 saturated carbocycles. The minimum atomic E-state index is -0.271. The van der Waals surface area contributed by atoms with Gasteiger partial charge in [0, 0.05) is 0 Å². The highest BCUT2D eigenvalue weighted by atomic mass is 16.3. The Morgan fingerprint density at radius 2 is 1.81 bits per heavy atom. The molecule has 0 spiro atoms. The van der Waals surface area contributed by atoms with Gasteiger partial charge in [-0.15, -0.1) is 0 Å². The zero-order valence-corrected chi connectivity index (χ0v) is 10.3. The average molecular weight is 218 g/mol. The van der Waals surface area contributed by atoms with Crippen molar-refractivity contribution in [2.24, 2.45) is 5.92 Å². The first-order chi connectivity index (χ1) is 7.77. The van der Waals surface area contributed by atoms with E-state index >= 15 is 0 Å². The van der Waals surface area contributed by atoms with Crippen LogP contribution in [0.3, 0.4) is 0 Å². The van der Waals surface area contributed by atoms with E-state index in [-0.39, 0.29) is 6.10 Å². The lowest BCUT2D eigenvalue weighted by Gasteiger charge is -2.22. The van der Waals surface area contributed by atoms with Crippen LogP contribution in [0.2, 0.25) is 0 Å². The van der Waals surface area contributed by atoms with Gasteiger partial charge >= 0.3 is 0 Å². The summed E-state index contributed by atoms with van der Waals surface area (Å²) < 4.78 is 0. The molecule has 0 heterocycles. The summed E-state index contributed by atoms with van der Waals surface area (Å²) in [4.78, 5) is 0. The lowest BCUT2D eigenvalue weighted by molar-refractivity contribution is 0.102. The molecule has 1 unspecified atom stereocenters. The van der Waals surface area contributed by atoms with Crippen LogP contribution in [0.15, 0.2) is 24.3 Å². The zero-order valence-electron chi connectivity index (χ0n) is 10.3. The van der Waals surface area contributed by atoms with Crippen LogP contribution >= 0.6 is 0 Å². The molecule has 1 N–H and O–H groups in total. The second kappa shape index (κ2) is 5.01. The predicted molar refractivity (Wildman–Crippen MR) is 67.4 cm³/mol. The second-order valence-electron chi connectivity index (χ2n) is 4.92. The Morgan fingerprint density at radius 1 is 1.19 bits per heavy atom. The van der Waals surface area contributed by atoms with Crippen LogP contribution in [0, 0.1) is 5.92 Å². The number of hydrogen-bond acceptors (Lipinski definition) is 1. The van der Waals surface area contributed by atoms with E-state index in [1.165, 1.54) is 24.0 Å². The molecule has 0 aliphatic heterocycles. The molecular formula is C15H22O. The van der Waals surface area contributed by atoms with Crippen molar-refractivity contribution in [1.29, 1.82) is 0 Å². The fourth-order valence-electron chi connectivity index (χ4n) is 2.54. The highest BCUT2D eigenvalue weighted by molar-refractivity contribution is 5.35. The minimum absolute atomic E-state index is 0.271. The molecule has 1 aliphatic carbocycles. The number of aliphatic hydroxyl groups is 1. The fourth-order valence-corrected chi connectivity index (χ4v) is 2.54. The summed E-state index contributed by atoms with van der Waals surface area (Å²) in [5.41, 5.74) is 2.57. The molecular weight excluding hydrogens is 196 g/mol. The molecule has 88 valence electrons. The maximum atomic E-state index is 10.4. The van der Waals surface area contributed by atoms with Gasteiger partial charge in [0.2, 0.25) is 0 Å². The summed E-state index contributed by atoms with van der Waals surface area (Å²) >= 11 is 0. The van der Waals surface area contributed by atoms with Crippen LogP contribution in [0.1, 0.15) is 62.7 Å². The van der Waals surface area contributed by atoms with Crippen LogP contribution in [0.25, 0.3) is 0 Å². The van der Waals surface area contributed by atoms with E-state index in [1.54, 1.807) is 0 Å². The average Bonchev–Trinajstić information content (AvgIpc) is 3.14. The molecule has 0 saturated heterocycles. The lowest BCUT2D eigenvalue weighted by atomic mass is 9.88. The summed E-state index contributed by atoms with van der Waals surface area (Å²) in [6.45, 7) is 4.33. The minimum Gasteiger partial charge on any atom is -0.388 e. The maximum Gasteiger partial charge on any atom is 0.0820 e. The number of hydrogen-bond donors (Lipinski definition) is 1. The first kappa shape index (κ1) is 11.7. The molecule has 1 heteroatoms. The Bertz CT molecular complexity index is 337. The molecule has 0 amide bonds. The van der Waals surface area contributed by atoms with E-state index in [1.807, 2.05) is 6.07 Å². The van der Waals surface area contributed by atoms with Crippen LogP contribution in [-0.2, 0) is 0 Å². The molecule has 1 aromatic carbocycles. The zero-order chi connectivity index (χ0) is 11.5. The number of benzene rings is 1. The summed E-state index contributed by atoms with van der Waals surface area (Å²) in [5, 5.41) is 10.4. The maximum absolute atomic E-state index is 10.4. The van der Waals surface area contributed by atoms with Gasteiger partial charge in [-0.2, -0.15) is 0 Å². The highest BCUT2D eigenvalue weighted by Crippen LogP contribution is 2.44. The smallest absolute Gasteiger partial charge is 0.0820 e. The largest absolute Gasteiger partial charge is 0.388 e. The summed E-state index contributed by atoms with van der Waals surface area (Å²) in [6.07, 6.45) is 4.43. The van der Waals surface area contributed by atoms with Gasteiger partial charge in [-0.25, -0.2) is 0 Å². The third-order valence-corrected chi connectivity index (χ3v) is 3.83. The van der Waals surface area contributed by atoms with Gasteiger partial charge in [0.1, 0.15) is 0 Å². The molecule has 1 aromatic rings. The Labute approximate surface area is 98.5 Å². The third kappa shape index (κ3) is 2.30. The number of rotatable bonds is 5. The van der Waals surface area contributed by atoms with Crippen molar-refractivity contribution < 1.29 is 5.11 Å². The van der Waals surface area contributed by atoms with E-state index in [0.29, 0.717) is 5.92 Å². The van der Waals surface area contributed by atoms with Crippen molar-refractivity contribution in [1.82, 2.24) is 0 Å². The third-order valence-electron chi connectivity index (χ3n) is 3.83. The van der Waals surface area contributed by atoms with Crippen LogP contribution in [0.4, 0.5) is 0 Å². The topological polar surface area (TPSA) is 20.2 Å². The van der Waals surface area contributed by atoms with Crippen molar-refractivity contribution in [2.75, 3.05) is 0 Å². The first-order valence-electron chi connectivity index (χ1n) is 6.54. The summed E-state index contributed by atoms with van der Waals surface area (Å²) in [6, 6.07) is 8.44. The van der Waals surface area contributed by atoms with Gasteiger partial charge in [-0.1, -0.05) is 51.0 Å². The normalized spacial score (nSPS) is 17.8. The van der Waals surface area contributed by atoms with Crippen molar-refractivity contribution >= 4 is 0 Å². The second-order valence-corrected chi connectivity index (χ2v) is 4.92. The van der Waals surface area contributed by atoms with Crippen LogP contribution in [0.5, 0.6) is 0 Å². The molecule has 16 heavy (non-hydrogen) atoms. The standard InChI is InChI=1S/C15H22O/c1-3-11(4-2)15(16)14-8-6-5-7-13(14)12-9-10-12/h5-8,11-12,15-16H,3-4,9-10H2,1-2H3. The lowest BCUT2D eigenvalue weighted by Crippen LogP contribution is -2.12. The van der Waals surface area contributed by atoms with Crippen molar-refractivity contribution in [2.45, 2.75) is 51.6 Å². The predicted octanol–water partition coefficient (Wildman–Crippen LogP) is 4.03. The van der Waals surface area contributed by atoms with Crippen LogP contribution < -0.4 is 0 Å². The van der Waals surface area contributed by atoms with E-state index in [9.17, 15) is 5.11 Å². The van der Waals surface area contributed by atoms with E-state index in [4.69, 9.17) is 0 Å². The number of aliphatic hydroxyl groups excluding tert-OH is 1. The Kier molecular flexibility index (Phi) is 3.65. The summed E-state index contributed by atoms with van der Waals surface area (Å²) in [5.74, 6) is 1.13. The van der Waals surface area contributed by atoms with Gasteiger partial charge in [-0.05, 0) is 35.8 Å². The van der Waals surface area contributed by atoms with Gasteiger partial charge in [0.05, 0.1) is 6.10 Å². The van der Waals surface area contributed by atoms with E-state index in [0.717, 1.165) is 18.8 Å². The molecule has 1 atom stereocenters. The van der Waals surface area contributed by atoms with Crippen molar-refractivity contribution in [3.8, 4) is 0 Å². The molecule has 1 nitrogen and oxygen atoms in total. The first-order valence-corrected chi connectivity index (χ1v) is 6.54.